The van der Waals surface area contributed by atoms with Crippen molar-refractivity contribution in [2.75, 3.05) is 6.26 Å². The van der Waals surface area contributed by atoms with E-state index in [-0.39, 0.29) is 0 Å². The van der Waals surface area contributed by atoms with Gasteiger partial charge in [0.2, 0.25) is 0 Å². The van der Waals surface area contributed by atoms with Gasteiger partial charge < -0.3 is 5.21 Å². The Hall–Kier alpha value is -1.14. The molecule has 0 fully saturated rings. The van der Waals surface area contributed by atoms with Crippen LogP contribution in [-0.2, 0) is 0 Å². The van der Waals surface area contributed by atoms with E-state index >= 15 is 0 Å². The molecule has 0 saturated carbocycles. The fourth-order valence-electron chi connectivity index (χ4n) is 0.990. The quantitative estimate of drug-likeness (QED) is 0.442. The lowest BCUT2D eigenvalue weighted by atomic mass is 10.3. The number of pyridine rings is 1. The Labute approximate surface area is 89.2 Å². The lowest BCUT2D eigenvalue weighted by Gasteiger charge is -1.95. The zero-order valence-corrected chi connectivity index (χ0v) is 9.01. The van der Waals surface area contributed by atoms with E-state index in [1.165, 1.54) is 23.7 Å². The number of aromatic nitrogens is 3. The summed E-state index contributed by atoms with van der Waals surface area (Å²) in [7, 11) is 0. The minimum Gasteiger partial charge on any atom is -0.619 e. The molecule has 14 heavy (non-hydrogen) atoms. The summed E-state index contributed by atoms with van der Waals surface area (Å²) in [6.45, 7) is 0. The van der Waals surface area contributed by atoms with Gasteiger partial charge in [0.15, 0.2) is 21.7 Å². The third-order valence-electron chi connectivity index (χ3n) is 1.60. The van der Waals surface area contributed by atoms with Crippen LogP contribution in [0.2, 0.25) is 0 Å². The number of nitrogens with zero attached hydrogens (tertiary/aromatic N) is 3. The molecule has 0 unspecified atom stereocenters. The van der Waals surface area contributed by atoms with E-state index in [4.69, 9.17) is 0 Å². The molecule has 0 aliphatic heterocycles. The van der Waals surface area contributed by atoms with Crippen LogP contribution < -0.4 is 4.73 Å². The third kappa shape index (κ3) is 1.85. The van der Waals surface area contributed by atoms with Crippen LogP contribution in [0.15, 0.2) is 28.9 Å². The highest BCUT2D eigenvalue weighted by Crippen LogP contribution is 2.26. The van der Waals surface area contributed by atoms with Gasteiger partial charge in [-0.3, -0.25) is 0 Å². The smallest absolute Gasteiger partial charge is 0.190 e. The summed E-state index contributed by atoms with van der Waals surface area (Å²) >= 11 is 3.03. The molecule has 0 amide bonds. The van der Waals surface area contributed by atoms with Gasteiger partial charge in [0.05, 0.1) is 5.56 Å². The minimum atomic E-state index is 0.759. The average molecular weight is 225 g/mol. The van der Waals surface area contributed by atoms with Gasteiger partial charge in [-0.25, -0.2) is 0 Å². The topological polar surface area (TPSA) is 52.7 Å². The van der Waals surface area contributed by atoms with Crippen molar-refractivity contribution in [1.82, 2.24) is 10.2 Å². The van der Waals surface area contributed by atoms with Crippen molar-refractivity contribution in [3.63, 3.8) is 0 Å². The third-order valence-corrected chi connectivity index (χ3v) is 3.55. The van der Waals surface area contributed by atoms with Gasteiger partial charge in [0, 0.05) is 6.07 Å². The molecule has 2 heterocycles. The van der Waals surface area contributed by atoms with Crippen molar-refractivity contribution in [3.8, 4) is 10.6 Å². The highest BCUT2D eigenvalue weighted by Gasteiger charge is 2.07. The van der Waals surface area contributed by atoms with Crippen molar-refractivity contribution >= 4 is 23.1 Å². The van der Waals surface area contributed by atoms with Gasteiger partial charge in [-0.2, -0.15) is 4.73 Å². The fraction of sp³-hybridized carbons (Fsp3) is 0.125. The van der Waals surface area contributed by atoms with E-state index in [1.54, 1.807) is 17.8 Å². The fourth-order valence-corrected chi connectivity index (χ4v) is 2.25. The van der Waals surface area contributed by atoms with Crippen molar-refractivity contribution < 1.29 is 4.73 Å². The van der Waals surface area contributed by atoms with E-state index in [0.29, 0.717) is 0 Å². The lowest BCUT2D eigenvalue weighted by molar-refractivity contribution is -0.604. The first kappa shape index (κ1) is 9.42. The molecule has 0 aliphatic carbocycles. The zero-order chi connectivity index (χ0) is 9.97. The van der Waals surface area contributed by atoms with Crippen LogP contribution >= 0.6 is 23.1 Å². The van der Waals surface area contributed by atoms with Gasteiger partial charge in [-0.1, -0.05) is 23.1 Å². The lowest BCUT2D eigenvalue weighted by Crippen LogP contribution is -2.23. The maximum absolute atomic E-state index is 11.0. The van der Waals surface area contributed by atoms with Crippen LogP contribution in [-0.4, -0.2) is 16.5 Å². The second-order valence-corrected chi connectivity index (χ2v) is 4.56. The van der Waals surface area contributed by atoms with Gasteiger partial charge in [-0.15, -0.1) is 10.2 Å². The van der Waals surface area contributed by atoms with Crippen LogP contribution in [0.1, 0.15) is 0 Å². The molecule has 0 saturated heterocycles. The van der Waals surface area contributed by atoms with Gasteiger partial charge in [0.1, 0.15) is 0 Å². The molecule has 0 aliphatic rings. The Balaban J connectivity index is 2.39. The molecule has 2 aromatic rings. The summed E-state index contributed by atoms with van der Waals surface area (Å²) in [5.41, 5.74) is 0.806. The SMILES string of the molecule is CSc1nnc(-c2ccc[n+]([O-])c2)s1. The van der Waals surface area contributed by atoms with Crippen molar-refractivity contribution in [3.05, 3.63) is 29.7 Å². The molecule has 72 valence electrons. The van der Waals surface area contributed by atoms with E-state index in [2.05, 4.69) is 10.2 Å². The normalized spacial score (nSPS) is 10.4. The second kappa shape index (κ2) is 3.93. The van der Waals surface area contributed by atoms with Crippen LogP contribution in [0.4, 0.5) is 0 Å². The summed E-state index contributed by atoms with van der Waals surface area (Å²) in [6.07, 6.45) is 4.88. The van der Waals surface area contributed by atoms with E-state index < -0.39 is 0 Å². The molecule has 0 bridgehead atoms. The molecule has 0 radical (unpaired) electrons. The first-order valence-electron chi connectivity index (χ1n) is 3.86. The van der Waals surface area contributed by atoms with Gasteiger partial charge in [0.25, 0.3) is 0 Å². The Morgan fingerprint density at radius 2 is 2.36 bits per heavy atom. The molecule has 0 atom stereocenters. The van der Waals surface area contributed by atoms with Crippen LogP contribution in [0.3, 0.4) is 0 Å². The largest absolute Gasteiger partial charge is 0.619 e. The summed E-state index contributed by atoms with van der Waals surface area (Å²) in [5.74, 6) is 0. The molecule has 6 heteroatoms. The Morgan fingerprint density at radius 1 is 1.50 bits per heavy atom. The van der Waals surface area contributed by atoms with Gasteiger partial charge >= 0.3 is 0 Å². The molecule has 2 rings (SSSR count). The van der Waals surface area contributed by atoms with Crippen molar-refractivity contribution in [2.45, 2.75) is 4.34 Å². The highest BCUT2D eigenvalue weighted by molar-refractivity contribution is 8.00. The molecule has 0 spiro atoms. The summed E-state index contributed by atoms with van der Waals surface area (Å²) in [6, 6.07) is 3.54. The molecule has 0 N–H and O–H groups in total. The predicted molar refractivity (Wildman–Crippen MR) is 56.1 cm³/mol. The minimum absolute atomic E-state index is 0.759. The van der Waals surface area contributed by atoms with Gasteiger partial charge in [-0.05, 0) is 12.3 Å². The second-order valence-electron chi connectivity index (χ2n) is 2.53. The summed E-state index contributed by atoms with van der Waals surface area (Å²) in [4.78, 5) is 0. The Morgan fingerprint density at radius 3 is 3.00 bits per heavy atom. The first-order valence-corrected chi connectivity index (χ1v) is 5.90. The molecule has 0 aromatic carbocycles. The van der Waals surface area contributed by atoms with Crippen molar-refractivity contribution in [1.29, 1.82) is 0 Å². The van der Waals surface area contributed by atoms with E-state index in [0.717, 1.165) is 19.6 Å². The number of rotatable bonds is 2. The monoisotopic (exact) mass is 225 g/mol. The Bertz CT molecular complexity index is 444. The van der Waals surface area contributed by atoms with E-state index in [1.807, 2.05) is 12.3 Å². The maximum atomic E-state index is 11.0. The maximum Gasteiger partial charge on any atom is 0.190 e. The molecular weight excluding hydrogens is 218 g/mol. The number of thioether (sulfide) groups is 1. The Kier molecular flexibility index (Phi) is 2.64. The standard InChI is InChI=1S/C8H7N3OS2/c1-13-8-10-9-7(14-8)6-3-2-4-11(12)5-6/h2-5H,1H3. The van der Waals surface area contributed by atoms with Crippen LogP contribution in [0.25, 0.3) is 10.6 Å². The predicted octanol–water partition coefficient (Wildman–Crippen LogP) is 1.56. The molecule has 2 aromatic heterocycles. The number of hydrogen-bond donors (Lipinski definition) is 0. The van der Waals surface area contributed by atoms with Crippen molar-refractivity contribution in [2.24, 2.45) is 0 Å². The summed E-state index contributed by atoms with van der Waals surface area (Å²) < 4.78 is 1.66. The zero-order valence-electron chi connectivity index (χ0n) is 7.38. The molecule has 4 nitrogen and oxygen atoms in total. The highest BCUT2D eigenvalue weighted by atomic mass is 32.2. The molecular formula is C8H7N3OS2. The average Bonchev–Trinajstić information content (AvgIpc) is 2.66. The van der Waals surface area contributed by atoms with E-state index in [9.17, 15) is 5.21 Å². The number of hydrogen-bond acceptors (Lipinski definition) is 5. The van der Waals surface area contributed by atoms with Crippen LogP contribution in [0.5, 0.6) is 0 Å². The summed E-state index contributed by atoms with van der Waals surface area (Å²) in [5, 5.41) is 19.7. The van der Waals surface area contributed by atoms with Crippen LogP contribution in [0, 0.1) is 5.21 Å². The first-order chi connectivity index (χ1) is 6.79.